The van der Waals surface area contributed by atoms with Crippen LogP contribution in [0.25, 0.3) is 0 Å². The minimum absolute atomic E-state index is 0.218. The van der Waals surface area contributed by atoms with E-state index in [9.17, 15) is 0 Å². The third kappa shape index (κ3) is 2.12. The van der Waals surface area contributed by atoms with E-state index in [1.54, 1.807) is 6.20 Å². The van der Waals surface area contributed by atoms with Crippen LogP contribution >= 0.6 is 11.5 Å². The fraction of sp³-hybridized carbons (Fsp3) is 0.500. The second-order valence-electron chi connectivity index (χ2n) is 2.66. The van der Waals surface area contributed by atoms with Crippen molar-refractivity contribution in [3.8, 4) is 0 Å². The molecule has 12 heavy (non-hydrogen) atoms. The van der Waals surface area contributed by atoms with Gasteiger partial charge in [0.1, 0.15) is 0 Å². The molecule has 0 aromatic carbocycles. The summed E-state index contributed by atoms with van der Waals surface area (Å²) in [4.78, 5) is 1.13. The van der Waals surface area contributed by atoms with Gasteiger partial charge in [-0.1, -0.05) is 23.6 Å². The highest BCUT2D eigenvalue weighted by atomic mass is 32.1. The molecule has 0 radical (unpaired) electrons. The second-order valence-corrected chi connectivity index (χ2v) is 3.47. The van der Waals surface area contributed by atoms with Crippen molar-refractivity contribution in [3.63, 3.8) is 0 Å². The Kier molecular flexibility index (Phi) is 3.37. The van der Waals surface area contributed by atoms with Crippen LogP contribution in [0.4, 0.5) is 0 Å². The van der Waals surface area contributed by atoms with Crippen LogP contribution in [0.2, 0.25) is 0 Å². The number of nitrogens with one attached hydrogen (secondary N) is 1. The van der Waals surface area contributed by atoms with Crippen LogP contribution in [-0.2, 0) is 0 Å². The molecule has 3 nitrogen and oxygen atoms in total. The molecule has 0 fully saturated rings. The van der Waals surface area contributed by atoms with Gasteiger partial charge in [-0.3, -0.25) is 0 Å². The number of aromatic nitrogens is 2. The molecule has 0 saturated carbocycles. The lowest BCUT2D eigenvalue weighted by Crippen LogP contribution is -2.20. The van der Waals surface area contributed by atoms with E-state index in [0.717, 1.165) is 17.0 Å². The molecule has 4 heteroatoms. The van der Waals surface area contributed by atoms with E-state index in [2.05, 4.69) is 28.4 Å². The fourth-order valence-electron chi connectivity index (χ4n) is 1.02. The number of hydrogen-bond donors (Lipinski definition) is 1. The first-order valence-electron chi connectivity index (χ1n) is 3.91. The predicted octanol–water partition coefficient (Wildman–Crippen LogP) is 1.76. The molecule has 1 unspecified atom stereocenters. The van der Waals surface area contributed by atoms with Gasteiger partial charge in [-0.15, -0.1) is 5.10 Å². The maximum Gasteiger partial charge on any atom is 0.0672 e. The summed E-state index contributed by atoms with van der Waals surface area (Å²) >= 11 is 1.41. The van der Waals surface area contributed by atoms with Gasteiger partial charge in [0.2, 0.25) is 0 Å². The topological polar surface area (TPSA) is 37.8 Å². The largest absolute Gasteiger partial charge is 0.306 e. The van der Waals surface area contributed by atoms with Crippen molar-refractivity contribution in [1.82, 2.24) is 14.9 Å². The lowest BCUT2D eigenvalue weighted by Gasteiger charge is -2.14. The molecule has 0 bridgehead atoms. The van der Waals surface area contributed by atoms with E-state index in [0.29, 0.717) is 0 Å². The molecule has 0 saturated heterocycles. The van der Waals surface area contributed by atoms with Crippen molar-refractivity contribution in [3.05, 3.63) is 23.2 Å². The van der Waals surface area contributed by atoms with Gasteiger partial charge in [-0.25, -0.2) is 0 Å². The molecule has 0 aliphatic rings. The van der Waals surface area contributed by atoms with Crippen LogP contribution in [0, 0.1) is 0 Å². The second kappa shape index (κ2) is 4.33. The smallest absolute Gasteiger partial charge is 0.0672 e. The van der Waals surface area contributed by atoms with E-state index in [-0.39, 0.29) is 6.04 Å². The number of rotatable bonds is 4. The Hall–Kier alpha value is -0.740. The summed E-state index contributed by atoms with van der Waals surface area (Å²) in [6, 6.07) is 0.218. The maximum atomic E-state index is 3.92. The molecule has 0 aliphatic carbocycles. The van der Waals surface area contributed by atoms with E-state index >= 15 is 0 Å². The van der Waals surface area contributed by atoms with E-state index in [1.165, 1.54) is 11.5 Å². The highest BCUT2D eigenvalue weighted by Crippen LogP contribution is 2.21. The van der Waals surface area contributed by atoms with Crippen LogP contribution in [0.5, 0.6) is 0 Å². The zero-order valence-corrected chi connectivity index (χ0v) is 8.19. The summed E-state index contributed by atoms with van der Waals surface area (Å²) in [5.41, 5.74) is 1.10. The molecular weight excluding hydrogens is 170 g/mol. The van der Waals surface area contributed by atoms with Crippen molar-refractivity contribution in [2.45, 2.75) is 19.9 Å². The normalized spacial score (nSPS) is 12.8. The molecule has 1 N–H and O–H groups in total. The van der Waals surface area contributed by atoms with Gasteiger partial charge in [0.05, 0.1) is 17.1 Å². The lowest BCUT2D eigenvalue weighted by molar-refractivity contribution is 0.629. The van der Waals surface area contributed by atoms with Gasteiger partial charge < -0.3 is 5.32 Å². The molecule has 0 aliphatic heterocycles. The van der Waals surface area contributed by atoms with Crippen molar-refractivity contribution in [2.24, 2.45) is 0 Å². The van der Waals surface area contributed by atoms with Crippen LogP contribution < -0.4 is 5.32 Å². The van der Waals surface area contributed by atoms with Crippen molar-refractivity contribution in [2.75, 3.05) is 6.54 Å². The first-order chi connectivity index (χ1) is 5.75. The lowest BCUT2D eigenvalue weighted by atomic mass is 10.1. The Morgan fingerprint density at radius 3 is 3.00 bits per heavy atom. The molecule has 1 rings (SSSR count). The Bertz CT molecular complexity index is 243. The minimum atomic E-state index is 0.218. The third-order valence-corrected chi connectivity index (χ3v) is 2.29. The van der Waals surface area contributed by atoms with E-state index in [4.69, 9.17) is 0 Å². The average Bonchev–Trinajstić information content (AvgIpc) is 2.51. The standard InChI is InChI=1S/C8H13N3S/c1-4-9-8(6(2)3)7-5-10-11-12-7/h5,8-9H,2,4H2,1,3H3. The molecule has 66 valence electrons. The summed E-state index contributed by atoms with van der Waals surface area (Å²) in [5, 5.41) is 7.11. The van der Waals surface area contributed by atoms with Crippen molar-refractivity contribution < 1.29 is 0 Å². The quantitative estimate of drug-likeness (QED) is 0.723. The Labute approximate surface area is 76.7 Å². The first-order valence-corrected chi connectivity index (χ1v) is 4.69. The van der Waals surface area contributed by atoms with Crippen LogP contribution in [0.1, 0.15) is 24.8 Å². The molecular formula is C8H13N3S. The fourth-order valence-corrected chi connectivity index (χ4v) is 1.70. The van der Waals surface area contributed by atoms with E-state index in [1.807, 2.05) is 6.92 Å². The van der Waals surface area contributed by atoms with Crippen molar-refractivity contribution in [1.29, 1.82) is 0 Å². The van der Waals surface area contributed by atoms with Crippen molar-refractivity contribution >= 4 is 11.5 Å². The zero-order valence-electron chi connectivity index (χ0n) is 7.37. The van der Waals surface area contributed by atoms with Gasteiger partial charge in [0, 0.05) is 0 Å². The molecule has 0 amide bonds. The summed E-state index contributed by atoms with van der Waals surface area (Å²) in [6.45, 7) is 8.93. The Balaban J connectivity index is 2.73. The summed E-state index contributed by atoms with van der Waals surface area (Å²) in [7, 11) is 0. The minimum Gasteiger partial charge on any atom is -0.306 e. The summed E-state index contributed by atoms with van der Waals surface area (Å²) in [5.74, 6) is 0. The van der Waals surface area contributed by atoms with Crippen LogP contribution in [-0.4, -0.2) is 16.1 Å². The highest BCUT2D eigenvalue weighted by Gasteiger charge is 2.12. The number of likely N-dealkylation sites (N-methyl/N-ethyl adjacent to an activating group) is 1. The van der Waals surface area contributed by atoms with E-state index < -0.39 is 0 Å². The third-order valence-electron chi connectivity index (χ3n) is 1.56. The molecule has 1 atom stereocenters. The van der Waals surface area contributed by atoms with Gasteiger partial charge in [0.25, 0.3) is 0 Å². The molecule has 1 aromatic heterocycles. The molecule has 1 heterocycles. The van der Waals surface area contributed by atoms with Crippen LogP contribution in [0.3, 0.4) is 0 Å². The predicted molar refractivity (Wildman–Crippen MR) is 51.1 cm³/mol. The number of nitrogens with zero attached hydrogens (tertiary/aromatic N) is 2. The Morgan fingerprint density at radius 2 is 2.58 bits per heavy atom. The van der Waals surface area contributed by atoms with Gasteiger partial charge in [-0.2, -0.15) is 0 Å². The number of hydrogen-bond acceptors (Lipinski definition) is 4. The van der Waals surface area contributed by atoms with Gasteiger partial charge in [-0.05, 0) is 25.0 Å². The van der Waals surface area contributed by atoms with Crippen LogP contribution in [0.15, 0.2) is 18.3 Å². The summed E-state index contributed by atoms with van der Waals surface area (Å²) in [6.07, 6.45) is 1.78. The maximum absolute atomic E-state index is 3.92. The molecule has 0 spiro atoms. The molecule has 1 aromatic rings. The highest BCUT2D eigenvalue weighted by molar-refractivity contribution is 7.05. The monoisotopic (exact) mass is 183 g/mol. The average molecular weight is 183 g/mol. The Morgan fingerprint density at radius 1 is 1.83 bits per heavy atom. The summed E-state index contributed by atoms with van der Waals surface area (Å²) < 4.78 is 3.82. The van der Waals surface area contributed by atoms with Gasteiger partial charge in [0.15, 0.2) is 0 Å². The SMILES string of the molecule is C=C(C)C(NCC)c1cnns1. The first kappa shape index (κ1) is 9.35. The zero-order chi connectivity index (χ0) is 8.97. The van der Waals surface area contributed by atoms with Gasteiger partial charge >= 0.3 is 0 Å².